The van der Waals surface area contributed by atoms with E-state index in [1.165, 1.54) is 5.56 Å². The maximum absolute atomic E-state index is 13.3. The van der Waals surface area contributed by atoms with Crippen LogP contribution in [0.15, 0.2) is 72.8 Å². The maximum atomic E-state index is 13.3. The molecule has 0 fully saturated rings. The molecule has 0 saturated carbocycles. The molecule has 1 aliphatic rings. The summed E-state index contributed by atoms with van der Waals surface area (Å²) >= 11 is 6.22. The first-order valence-electron chi connectivity index (χ1n) is 9.00. The van der Waals surface area contributed by atoms with Gasteiger partial charge < -0.3 is 4.90 Å². The fraction of sp³-hybridized carbons (Fsp3) is 0.125. The van der Waals surface area contributed by atoms with Gasteiger partial charge in [-0.2, -0.15) is 0 Å². The lowest BCUT2D eigenvalue weighted by molar-refractivity contribution is -0.126. The van der Waals surface area contributed by atoms with E-state index in [1.807, 2.05) is 71.6 Å². The summed E-state index contributed by atoms with van der Waals surface area (Å²) in [6.45, 7) is 3.20. The van der Waals surface area contributed by atoms with Gasteiger partial charge in [-0.15, -0.1) is 0 Å². The summed E-state index contributed by atoms with van der Waals surface area (Å²) in [7, 11) is 0. The Hall–Kier alpha value is -2.84. The Morgan fingerprint density at radius 3 is 2.48 bits per heavy atom. The van der Waals surface area contributed by atoms with Crippen LogP contribution in [0, 0.1) is 6.92 Å². The molecule has 0 saturated heterocycles. The van der Waals surface area contributed by atoms with Gasteiger partial charge in [-0.25, -0.2) is 0 Å². The number of hydrogen-bond acceptors (Lipinski definition) is 1. The highest BCUT2D eigenvalue weighted by atomic mass is 35.5. The molecule has 0 spiro atoms. The second kappa shape index (κ2) is 7.42. The molecule has 1 heterocycles. The number of halogens is 1. The predicted octanol–water partition coefficient (Wildman–Crippen LogP) is 5.73. The Kier molecular flexibility index (Phi) is 4.83. The molecule has 1 aliphatic heterocycles. The van der Waals surface area contributed by atoms with E-state index in [9.17, 15) is 4.79 Å². The fourth-order valence-electron chi connectivity index (χ4n) is 3.42. The molecule has 0 atom stereocenters. The van der Waals surface area contributed by atoms with Crippen LogP contribution in [0.25, 0.3) is 11.6 Å². The molecule has 27 heavy (non-hydrogen) atoms. The van der Waals surface area contributed by atoms with Crippen molar-refractivity contribution in [2.75, 3.05) is 0 Å². The predicted molar refractivity (Wildman–Crippen MR) is 111 cm³/mol. The normalized spacial score (nSPS) is 15.1. The third-order valence-corrected chi connectivity index (χ3v) is 5.08. The van der Waals surface area contributed by atoms with Crippen LogP contribution < -0.4 is 0 Å². The number of fused-ring (bicyclic) bond motifs is 1. The molecule has 1 amide bonds. The Labute approximate surface area is 164 Å². The minimum Gasteiger partial charge on any atom is -0.330 e. The van der Waals surface area contributed by atoms with Crippen molar-refractivity contribution in [2.45, 2.75) is 20.0 Å². The van der Waals surface area contributed by atoms with Gasteiger partial charge in [0.05, 0.1) is 0 Å². The van der Waals surface area contributed by atoms with E-state index >= 15 is 0 Å². The number of amides is 1. The minimum atomic E-state index is 0.0502. The maximum Gasteiger partial charge on any atom is 0.255 e. The van der Waals surface area contributed by atoms with Crippen LogP contribution in [0.1, 0.15) is 27.8 Å². The van der Waals surface area contributed by atoms with Crippen molar-refractivity contribution < 1.29 is 4.79 Å². The molecule has 0 N–H and O–H groups in total. The molecular formula is C24H20ClNO. The summed E-state index contributed by atoms with van der Waals surface area (Å²) in [5.41, 5.74) is 6.10. The molecule has 0 unspecified atom stereocenters. The van der Waals surface area contributed by atoms with E-state index in [1.54, 1.807) is 0 Å². The monoisotopic (exact) mass is 373 g/mol. The SMILES string of the molecule is Cc1ccc(/C=C2\C(=O)N(Cc3ccccc3)Cc3cc(Cl)ccc32)cc1. The number of benzene rings is 3. The number of nitrogens with zero attached hydrogens (tertiary/aromatic N) is 1. The summed E-state index contributed by atoms with van der Waals surface area (Å²) in [5, 5.41) is 0.692. The third kappa shape index (κ3) is 3.81. The average Bonchev–Trinajstić information content (AvgIpc) is 2.67. The van der Waals surface area contributed by atoms with E-state index in [4.69, 9.17) is 11.6 Å². The van der Waals surface area contributed by atoms with E-state index < -0.39 is 0 Å². The quantitative estimate of drug-likeness (QED) is 0.537. The van der Waals surface area contributed by atoms with Gasteiger partial charge in [0, 0.05) is 23.7 Å². The van der Waals surface area contributed by atoms with Crippen molar-refractivity contribution in [1.29, 1.82) is 0 Å². The number of rotatable bonds is 3. The second-order valence-electron chi connectivity index (χ2n) is 6.92. The number of carbonyl (C=O) groups is 1. The summed E-state index contributed by atoms with van der Waals surface area (Å²) in [6.07, 6.45) is 1.98. The zero-order valence-electron chi connectivity index (χ0n) is 15.2. The largest absolute Gasteiger partial charge is 0.330 e. The Morgan fingerprint density at radius 1 is 1.00 bits per heavy atom. The molecule has 4 rings (SSSR count). The number of aryl methyl sites for hydroxylation is 1. The fourth-order valence-corrected chi connectivity index (χ4v) is 3.61. The molecule has 2 nitrogen and oxygen atoms in total. The summed E-state index contributed by atoms with van der Waals surface area (Å²) in [4.78, 5) is 15.2. The zero-order chi connectivity index (χ0) is 18.8. The van der Waals surface area contributed by atoms with Crippen LogP contribution in [0.4, 0.5) is 0 Å². The van der Waals surface area contributed by atoms with Gasteiger partial charge in [0.2, 0.25) is 0 Å². The molecular weight excluding hydrogens is 354 g/mol. The van der Waals surface area contributed by atoms with Crippen LogP contribution in [0.2, 0.25) is 5.02 Å². The van der Waals surface area contributed by atoms with Gasteiger partial charge in [-0.05, 0) is 47.4 Å². The Balaban J connectivity index is 1.76. The number of hydrogen-bond donors (Lipinski definition) is 0. The van der Waals surface area contributed by atoms with Gasteiger partial charge in [-0.3, -0.25) is 4.79 Å². The Bertz CT molecular complexity index is 1010. The topological polar surface area (TPSA) is 20.3 Å². The van der Waals surface area contributed by atoms with Crippen molar-refractivity contribution in [3.63, 3.8) is 0 Å². The average molecular weight is 374 g/mol. The molecule has 0 bridgehead atoms. The number of carbonyl (C=O) groups excluding carboxylic acids is 1. The first-order chi connectivity index (χ1) is 13.1. The van der Waals surface area contributed by atoms with Crippen LogP contribution in [0.3, 0.4) is 0 Å². The van der Waals surface area contributed by atoms with Gasteiger partial charge in [0.25, 0.3) is 5.91 Å². The third-order valence-electron chi connectivity index (χ3n) is 4.84. The lowest BCUT2D eigenvalue weighted by atomic mass is 9.92. The van der Waals surface area contributed by atoms with Gasteiger partial charge in [0.15, 0.2) is 0 Å². The van der Waals surface area contributed by atoms with Crippen LogP contribution in [-0.4, -0.2) is 10.8 Å². The van der Waals surface area contributed by atoms with Crippen molar-refractivity contribution in [3.8, 4) is 0 Å². The molecule has 3 aromatic rings. The summed E-state index contributed by atoms with van der Waals surface area (Å²) in [6, 6.07) is 24.0. The first kappa shape index (κ1) is 17.6. The van der Waals surface area contributed by atoms with E-state index in [0.29, 0.717) is 23.7 Å². The van der Waals surface area contributed by atoms with E-state index in [2.05, 4.69) is 19.1 Å². The lowest BCUT2D eigenvalue weighted by Gasteiger charge is -2.31. The van der Waals surface area contributed by atoms with Crippen LogP contribution in [0.5, 0.6) is 0 Å². The van der Waals surface area contributed by atoms with Crippen molar-refractivity contribution in [1.82, 2.24) is 4.90 Å². The highest BCUT2D eigenvalue weighted by Crippen LogP contribution is 2.33. The van der Waals surface area contributed by atoms with Crippen molar-refractivity contribution in [2.24, 2.45) is 0 Å². The highest BCUT2D eigenvalue weighted by Gasteiger charge is 2.28. The zero-order valence-corrected chi connectivity index (χ0v) is 15.9. The van der Waals surface area contributed by atoms with Crippen LogP contribution >= 0.6 is 11.6 Å². The standard InChI is InChI=1S/C24H20ClNO/c1-17-7-9-18(10-8-17)13-23-22-12-11-21(25)14-20(22)16-26(24(23)27)15-19-5-3-2-4-6-19/h2-14H,15-16H2,1H3/b23-13-. The van der Waals surface area contributed by atoms with Gasteiger partial charge >= 0.3 is 0 Å². The van der Waals surface area contributed by atoms with E-state index in [-0.39, 0.29) is 5.91 Å². The second-order valence-corrected chi connectivity index (χ2v) is 7.35. The van der Waals surface area contributed by atoms with Crippen molar-refractivity contribution in [3.05, 3.63) is 106 Å². The summed E-state index contributed by atoms with van der Waals surface area (Å²) in [5.74, 6) is 0.0502. The van der Waals surface area contributed by atoms with Crippen LogP contribution in [-0.2, 0) is 17.9 Å². The lowest BCUT2D eigenvalue weighted by Crippen LogP contribution is -2.34. The van der Waals surface area contributed by atoms with E-state index in [0.717, 1.165) is 22.3 Å². The smallest absolute Gasteiger partial charge is 0.255 e. The van der Waals surface area contributed by atoms with Gasteiger partial charge in [-0.1, -0.05) is 77.8 Å². The Morgan fingerprint density at radius 2 is 1.74 bits per heavy atom. The minimum absolute atomic E-state index is 0.0502. The first-order valence-corrected chi connectivity index (χ1v) is 9.38. The molecule has 134 valence electrons. The molecule has 0 radical (unpaired) electrons. The van der Waals surface area contributed by atoms with Gasteiger partial charge in [0.1, 0.15) is 0 Å². The molecule has 3 aromatic carbocycles. The summed E-state index contributed by atoms with van der Waals surface area (Å²) < 4.78 is 0. The highest BCUT2D eigenvalue weighted by molar-refractivity contribution is 6.31. The molecule has 0 aliphatic carbocycles. The molecule has 3 heteroatoms. The van der Waals surface area contributed by atoms with Crippen molar-refractivity contribution >= 4 is 29.2 Å². The molecule has 0 aromatic heterocycles.